The first kappa shape index (κ1) is 10.5. The quantitative estimate of drug-likeness (QED) is 0.737. The van der Waals surface area contributed by atoms with Gasteiger partial charge in [-0.25, -0.2) is 0 Å². The van der Waals surface area contributed by atoms with Gasteiger partial charge in [0.1, 0.15) is 0 Å². The molecular formula is C15H11ClO. The molecule has 17 heavy (non-hydrogen) atoms. The maximum Gasteiger partial charge on any atom is 0.165 e. The van der Waals surface area contributed by atoms with Crippen LogP contribution in [0.3, 0.4) is 0 Å². The highest BCUT2D eigenvalue weighted by Gasteiger charge is 2.31. The summed E-state index contributed by atoms with van der Waals surface area (Å²) < 4.78 is 0. The van der Waals surface area contributed by atoms with E-state index in [2.05, 4.69) is 12.1 Å². The fourth-order valence-electron chi connectivity index (χ4n) is 2.51. The Hall–Kier alpha value is -1.60. The second kappa shape index (κ2) is 4.01. The third-order valence-corrected chi connectivity index (χ3v) is 3.61. The molecule has 0 bridgehead atoms. The minimum atomic E-state index is 0.152. The van der Waals surface area contributed by atoms with Crippen LogP contribution in [0.25, 0.3) is 0 Å². The maximum atomic E-state index is 12.0. The van der Waals surface area contributed by atoms with Gasteiger partial charge in [-0.15, -0.1) is 0 Å². The van der Waals surface area contributed by atoms with E-state index in [-0.39, 0.29) is 11.7 Å². The van der Waals surface area contributed by atoms with E-state index in [9.17, 15) is 4.79 Å². The normalized spacial score (nSPS) is 18.2. The number of ketones is 1. The van der Waals surface area contributed by atoms with Crippen LogP contribution in [0.1, 0.15) is 33.8 Å². The predicted octanol–water partition coefficient (Wildman–Crippen LogP) is 4.06. The minimum Gasteiger partial charge on any atom is -0.294 e. The highest BCUT2D eigenvalue weighted by Crippen LogP contribution is 2.40. The van der Waals surface area contributed by atoms with Crippen molar-refractivity contribution in [1.29, 1.82) is 0 Å². The Balaban J connectivity index is 2.14. The largest absolute Gasteiger partial charge is 0.294 e. The monoisotopic (exact) mass is 242 g/mol. The van der Waals surface area contributed by atoms with Crippen molar-refractivity contribution < 1.29 is 4.79 Å². The van der Waals surface area contributed by atoms with Gasteiger partial charge in [-0.1, -0.05) is 54.1 Å². The number of fused-ring (bicyclic) bond motifs is 1. The average Bonchev–Trinajstić information content (AvgIpc) is 2.69. The Bertz CT molecular complexity index is 575. The highest BCUT2D eigenvalue weighted by atomic mass is 35.5. The molecule has 2 aromatic rings. The summed E-state index contributed by atoms with van der Waals surface area (Å²) in [5.41, 5.74) is 2.96. The van der Waals surface area contributed by atoms with Crippen LogP contribution in [-0.4, -0.2) is 5.78 Å². The van der Waals surface area contributed by atoms with Crippen LogP contribution in [-0.2, 0) is 0 Å². The molecule has 2 aromatic carbocycles. The van der Waals surface area contributed by atoms with Crippen molar-refractivity contribution in [2.24, 2.45) is 0 Å². The molecule has 1 atom stereocenters. The van der Waals surface area contributed by atoms with Gasteiger partial charge in [0.05, 0.1) is 5.02 Å². The Morgan fingerprint density at radius 3 is 2.53 bits per heavy atom. The molecule has 0 heterocycles. The molecule has 0 spiro atoms. The molecule has 2 heteroatoms. The topological polar surface area (TPSA) is 17.1 Å². The summed E-state index contributed by atoms with van der Waals surface area (Å²) in [5, 5.41) is 0.575. The van der Waals surface area contributed by atoms with Crippen LogP contribution in [0.4, 0.5) is 0 Å². The molecule has 0 aliphatic heterocycles. The molecule has 84 valence electrons. The first-order chi connectivity index (χ1) is 8.27. The Morgan fingerprint density at radius 1 is 1.00 bits per heavy atom. The lowest BCUT2D eigenvalue weighted by Gasteiger charge is -2.10. The summed E-state index contributed by atoms with van der Waals surface area (Å²) in [6, 6.07) is 15.8. The minimum absolute atomic E-state index is 0.152. The lowest BCUT2D eigenvalue weighted by atomic mass is 9.93. The first-order valence-corrected chi connectivity index (χ1v) is 6.01. The van der Waals surface area contributed by atoms with E-state index in [1.54, 1.807) is 6.07 Å². The van der Waals surface area contributed by atoms with Crippen LogP contribution in [0.2, 0.25) is 5.02 Å². The smallest absolute Gasteiger partial charge is 0.165 e. The fourth-order valence-corrected chi connectivity index (χ4v) is 2.79. The van der Waals surface area contributed by atoms with Crippen LogP contribution >= 0.6 is 11.6 Å². The molecule has 0 saturated carbocycles. The van der Waals surface area contributed by atoms with Gasteiger partial charge >= 0.3 is 0 Å². The number of Topliss-reactive ketones (excluding diaryl/α,β-unsaturated/α-hetero) is 1. The second-order valence-electron chi connectivity index (χ2n) is 4.29. The molecule has 0 saturated heterocycles. The fraction of sp³-hybridized carbons (Fsp3) is 0.133. The van der Waals surface area contributed by atoms with Gasteiger partial charge in [0.25, 0.3) is 0 Å². The number of carbonyl (C=O) groups excluding carboxylic acids is 1. The third kappa shape index (κ3) is 1.67. The molecule has 3 rings (SSSR count). The summed E-state index contributed by atoms with van der Waals surface area (Å²) in [5.74, 6) is 0.317. The third-order valence-electron chi connectivity index (χ3n) is 3.29. The van der Waals surface area contributed by atoms with E-state index >= 15 is 0 Å². The zero-order chi connectivity index (χ0) is 11.8. The van der Waals surface area contributed by atoms with E-state index < -0.39 is 0 Å². The number of rotatable bonds is 1. The van der Waals surface area contributed by atoms with Crippen molar-refractivity contribution in [3.8, 4) is 0 Å². The summed E-state index contributed by atoms with van der Waals surface area (Å²) in [6.07, 6.45) is 0.531. The number of hydrogen-bond acceptors (Lipinski definition) is 1. The van der Waals surface area contributed by atoms with Crippen LogP contribution in [0.15, 0.2) is 48.5 Å². The maximum absolute atomic E-state index is 12.0. The van der Waals surface area contributed by atoms with Crippen molar-refractivity contribution in [1.82, 2.24) is 0 Å². The molecular weight excluding hydrogens is 232 g/mol. The van der Waals surface area contributed by atoms with Crippen molar-refractivity contribution in [3.05, 3.63) is 70.2 Å². The molecule has 0 amide bonds. The summed E-state index contributed by atoms with van der Waals surface area (Å²) >= 11 is 6.10. The van der Waals surface area contributed by atoms with Gasteiger partial charge in [0.15, 0.2) is 5.78 Å². The van der Waals surface area contributed by atoms with E-state index in [1.165, 1.54) is 5.56 Å². The average molecular weight is 243 g/mol. The second-order valence-corrected chi connectivity index (χ2v) is 4.70. The van der Waals surface area contributed by atoms with Gasteiger partial charge in [-0.05, 0) is 17.2 Å². The standard InChI is InChI=1S/C15H11ClO/c16-13-8-4-7-11-12(9-14(17)15(11)13)10-5-2-1-3-6-10/h1-8,12H,9H2. The predicted molar refractivity (Wildman–Crippen MR) is 68.7 cm³/mol. The highest BCUT2D eigenvalue weighted by molar-refractivity contribution is 6.34. The van der Waals surface area contributed by atoms with Gasteiger partial charge < -0.3 is 0 Å². The van der Waals surface area contributed by atoms with E-state index in [4.69, 9.17) is 11.6 Å². The van der Waals surface area contributed by atoms with Crippen LogP contribution < -0.4 is 0 Å². The molecule has 1 aliphatic rings. The van der Waals surface area contributed by atoms with Gasteiger partial charge in [0.2, 0.25) is 0 Å². The molecule has 1 nitrogen and oxygen atoms in total. The number of carbonyl (C=O) groups is 1. The van der Waals surface area contributed by atoms with Crippen molar-refractivity contribution in [2.75, 3.05) is 0 Å². The van der Waals surface area contributed by atoms with Crippen molar-refractivity contribution in [2.45, 2.75) is 12.3 Å². The molecule has 0 fully saturated rings. The summed E-state index contributed by atoms with van der Waals surface area (Å²) in [6.45, 7) is 0. The Kier molecular flexibility index (Phi) is 2.49. The summed E-state index contributed by atoms with van der Waals surface area (Å²) in [4.78, 5) is 12.0. The SMILES string of the molecule is O=C1CC(c2ccccc2)c2cccc(Cl)c21. The van der Waals surface area contributed by atoms with Gasteiger partial charge in [0, 0.05) is 17.9 Å². The van der Waals surface area contributed by atoms with E-state index in [0.717, 1.165) is 5.56 Å². The molecule has 0 aromatic heterocycles. The van der Waals surface area contributed by atoms with Gasteiger partial charge in [-0.2, -0.15) is 0 Å². The molecule has 1 unspecified atom stereocenters. The van der Waals surface area contributed by atoms with Crippen LogP contribution in [0.5, 0.6) is 0 Å². The summed E-state index contributed by atoms with van der Waals surface area (Å²) in [7, 11) is 0. The van der Waals surface area contributed by atoms with Crippen molar-refractivity contribution in [3.63, 3.8) is 0 Å². The lowest BCUT2D eigenvalue weighted by molar-refractivity contribution is 0.0991. The number of benzene rings is 2. The Morgan fingerprint density at radius 2 is 1.76 bits per heavy atom. The molecule has 0 radical (unpaired) electrons. The molecule has 0 N–H and O–H groups in total. The zero-order valence-corrected chi connectivity index (χ0v) is 9.95. The number of hydrogen-bond donors (Lipinski definition) is 0. The molecule has 1 aliphatic carbocycles. The van der Waals surface area contributed by atoms with Gasteiger partial charge in [-0.3, -0.25) is 4.79 Å². The lowest BCUT2D eigenvalue weighted by Crippen LogP contribution is -1.95. The van der Waals surface area contributed by atoms with Crippen molar-refractivity contribution >= 4 is 17.4 Å². The first-order valence-electron chi connectivity index (χ1n) is 5.64. The van der Waals surface area contributed by atoms with Crippen LogP contribution in [0, 0.1) is 0 Å². The Labute approximate surface area is 105 Å². The number of halogens is 1. The zero-order valence-electron chi connectivity index (χ0n) is 9.19. The van der Waals surface area contributed by atoms with E-state index in [0.29, 0.717) is 17.0 Å². The van der Waals surface area contributed by atoms with E-state index in [1.807, 2.05) is 30.3 Å².